The molecule has 0 saturated carbocycles. The van der Waals surface area contributed by atoms with Crippen LogP contribution in [0, 0.1) is 5.92 Å². The molecule has 0 aliphatic carbocycles. The first kappa shape index (κ1) is 13.6. The topological polar surface area (TPSA) is 51.2 Å². The molecule has 1 aromatic heterocycles. The molecule has 5 heteroatoms. The molecular formula is C13H20N2O2S. The zero-order chi connectivity index (χ0) is 12.6. The van der Waals surface area contributed by atoms with Crippen molar-refractivity contribution in [1.29, 1.82) is 0 Å². The largest absolute Gasteiger partial charge is 0.373 e. The number of aromatic nitrogens is 1. The van der Waals surface area contributed by atoms with Crippen molar-refractivity contribution in [2.75, 3.05) is 26.3 Å². The highest BCUT2D eigenvalue weighted by Crippen LogP contribution is 2.15. The second kappa shape index (κ2) is 7.61. The number of rotatable bonds is 7. The van der Waals surface area contributed by atoms with Gasteiger partial charge in [0.05, 0.1) is 0 Å². The maximum absolute atomic E-state index is 11.6. The Balaban J connectivity index is 1.52. The zero-order valence-corrected chi connectivity index (χ0v) is 11.4. The van der Waals surface area contributed by atoms with Crippen LogP contribution in [0.1, 0.15) is 35.5 Å². The van der Waals surface area contributed by atoms with Crippen molar-refractivity contribution in [2.24, 2.45) is 5.92 Å². The van der Waals surface area contributed by atoms with Crippen molar-refractivity contribution in [3.05, 3.63) is 16.6 Å². The molecule has 1 saturated heterocycles. The summed E-state index contributed by atoms with van der Waals surface area (Å²) in [5, 5.41) is 5.77. The standard InChI is InChI=1S/C13H20N2O2S/c16-12(13-15-6-8-18-13)10-17-7-2-4-11-3-1-5-14-9-11/h6,8,11,14H,1-5,7,9-10H2/t11-/m0/s1. The van der Waals surface area contributed by atoms with Crippen LogP contribution in [0.3, 0.4) is 0 Å². The SMILES string of the molecule is O=C(COCCC[C@@H]1CCCNC1)c1nccs1. The van der Waals surface area contributed by atoms with Gasteiger partial charge in [0.2, 0.25) is 5.78 Å². The summed E-state index contributed by atoms with van der Waals surface area (Å²) in [6.45, 7) is 3.14. The highest BCUT2D eigenvalue weighted by atomic mass is 32.1. The van der Waals surface area contributed by atoms with Gasteiger partial charge in [-0.2, -0.15) is 0 Å². The molecule has 1 N–H and O–H groups in total. The average Bonchev–Trinajstić information content (AvgIpc) is 2.93. The van der Waals surface area contributed by atoms with E-state index >= 15 is 0 Å². The van der Waals surface area contributed by atoms with Gasteiger partial charge in [0, 0.05) is 18.2 Å². The number of ketones is 1. The second-order valence-corrected chi connectivity index (χ2v) is 5.56. The van der Waals surface area contributed by atoms with E-state index < -0.39 is 0 Å². The van der Waals surface area contributed by atoms with Crippen molar-refractivity contribution < 1.29 is 9.53 Å². The number of ether oxygens (including phenoxy) is 1. The van der Waals surface area contributed by atoms with Crippen LogP contribution >= 0.6 is 11.3 Å². The number of hydrogen-bond acceptors (Lipinski definition) is 5. The molecule has 0 spiro atoms. The number of nitrogens with one attached hydrogen (secondary N) is 1. The lowest BCUT2D eigenvalue weighted by atomic mass is 9.95. The number of piperidine rings is 1. The van der Waals surface area contributed by atoms with Gasteiger partial charge in [-0.25, -0.2) is 4.98 Å². The van der Waals surface area contributed by atoms with Gasteiger partial charge in [0.1, 0.15) is 6.61 Å². The van der Waals surface area contributed by atoms with E-state index in [0.29, 0.717) is 11.6 Å². The summed E-state index contributed by atoms with van der Waals surface area (Å²) in [4.78, 5) is 15.6. The zero-order valence-electron chi connectivity index (χ0n) is 10.6. The minimum atomic E-state index is -0.00988. The molecule has 0 unspecified atom stereocenters. The van der Waals surface area contributed by atoms with Gasteiger partial charge >= 0.3 is 0 Å². The van der Waals surface area contributed by atoms with Crippen molar-refractivity contribution >= 4 is 17.1 Å². The number of Topliss-reactive ketones (excluding diaryl/α,β-unsaturated/α-hetero) is 1. The first-order valence-electron chi connectivity index (χ1n) is 6.57. The maximum atomic E-state index is 11.6. The highest BCUT2D eigenvalue weighted by Gasteiger charge is 2.12. The molecule has 1 aliphatic rings. The Bertz CT molecular complexity index is 348. The summed E-state index contributed by atoms with van der Waals surface area (Å²) in [6, 6.07) is 0. The van der Waals surface area contributed by atoms with Gasteiger partial charge in [-0.3, -0.25) is 4.79 Å². The van der Waals surface area contributed by atoms with Gasteiger partial charge in [-0.15, -0.1) is 11.3 Å². The third-order valence-electron chi connectivity index (χ3n) is 3.20. The number of hydrogen-bond donors (Lipinski definition) is 1. The molecule has 1 aliphatic heterocycles. The van der Waals surface area contributed by atoms with Gasteiger partial charge < -0.3 is 10.1 Å². The lowest BCUT2D eigenvalue weighted by Gasteiger charge is -2.22. The summed E-state index contributed by atoms with van der Waals surface area (Å²) < 4.78 is 5.41. The van der Waals surface area contributed by atoms with Crippen molar-refractivity contribution in [3.8, 4) is 0 Å². The van der Waals surface area contributed by atoms with Crippen LogP contribution < -0.4 is 5.32 Å². The Morgan fingerprint density at radius 1 is 1.61 bits per heavy atom. The Morgan fingerprint density at radius 3 is 3.28 bits per heavy atom. The van der Waals surface area contributed by atoms with E-state index in [1.807, 2.05) is 5.38 Å². The fourth-order valence-corrected chi connectivity index (χ4v) is 2.79. The van der Waals surface area contributed by atoms with E-state index in [0.717, 1.165) is 25.4 Å². The predicted molar refractivity (Wildman–Crippen MR) is 72.1 cm³/mol. The van der Waals surface area contributed by atoms with Crippen LogP contribution in [0.5, 0.6) is 0 Å². The minimum Gasteiger partial charge on any atom is -0.373 e. The number of carbonyl (C=O) groups excluding carboxylic acids is 1. The summed E-state index contributed by atoms with van der Waals surface area (Å²) >= 11 is 1.37. The predicted octanol–water partition coefficient (Wildman–Crippen LogP) is 2.12. The van der Waals surface area contributed by atoms with E-state index in [4.69, 9.17) is 4.74 Å². The fourth-order valence-electron chi connectivity index (χ4n) is 2.23. The normalized spacial score (nSPS) is 19.9. The minimum absolute atomic E-state index is 0.00988. The van der Waals surface area contributed by atoms with E-state index in [1.54, 1.807) is 6.20 Å². The fraction of sp³-hybridized carbons (Fsp3) is 0.692. The van der Waals surface area contributed by atoms with Crippen LogP contribution in [0.4, 0.5) is 0 Å². The van der Waals surface area contributed by atoms with Gasteiger partial charge in [0.15, 0.2) is 5.01 Å². The van der Waals surface area contributed by atoms with Crippen LogP contribution in [0.15, 0.2) is 11.6 Å². The molecule has 0 bridgehead atoms. The van der Waals surface area contributed by atoms with Crippen molar-refractivity contribution in [2.45, 2.75) is 25.7 Å². The van der Waals surface area contributed by atoms with Gasteiger partial charge in [-0.05, 0) is 44.7 Å². The third-order valence-corrected chi connectivity index (χ3v) is 4.02. The average molecular weight is 268 g/mol. The van der Waals surface area contributed by atoms with E-state index in [9.17, 15) is 4.79 Å². The summed E-state index contributed by atoms with van der Waals surface area (Å²) in [5.74, 6) is 0.779. The second-order valence-electron chi connectivity index (χ2n) is 4.67. The Kier molecular flexibility index (Phi) is 5.77. The molecule has 2 rings (SSSR count). The quantitative estimate of drug-likeness (QED) is 0.608. The summed E-state index contributed by atoms with van der Waals surface area (Å²) in [7, 11) is 0. The molecule has 1 fully saturated rings. The summed E-state index contributed by atoms with van der Waals surface area (Å²) in [6.07, 6.45) is 6.49. The number of thiazole rings is 1. The Hall–Kier alpha value is -0.780. The first-order valence-corrected chi connectivity index (χ1v) is 7.45. The van der Waals surface area contributed by atoms with E-state index in [-0.39, 0.29) is 12.4 Å². The molecular weight excluding hydrogens is 248 g/mol. The van der Waals surface area contributed by atoms with Gasteiger partial charge in [-0.1, -0.05) is 0 Å². The molecule has 0 radical (unpaired) electrons. The van der Waals surface area contributed by atoms with E-state index in [1.165, 1.54) is 30.6 Å². The molecule has 0 amide bonds. The number of carbonyl (C=O) groups is 1. The maximum Gasteiger partial charge on any atom is 0.216 e. The third kappa shape index (κ3) is 4.48. The molecule has 18 heavy (non-hydrogen) atoms. The molecule has 2 heterocycles. The lowest BCUT2D eigenvalue weighted by Crippen LogP contribution is -2.29. The van der Waals surface area contributed by atoms with E-state index in [2.05, 4.69) is 10.3 Å². The molecule has 1 atom stereocenters. The molecule has 4 nitrogen and oxygen atoms in total. The first-order chi connectivity index (χ1) is 8.86. The lowest BCUT2D eigenvalue weighted by molar-refractivity contribution is 0.0745. The van der Waals surface area contributed by atoms with Crippen LogP contribution in [-0.2, 0) is 4.74 Å². The van der Waals surface area contributed by atoms with Crippen LogP contribution in [0.25, 0.3) is 0 Å². The molecule has 100 valence electrons. The van der Waals surface area contributed by atoms with Gasteiger partial charge in [0.25, 0.3) is 0 Å². The Morgan fingerprint density at radius 2 is 2.56 bits per heavy atom. The highest BCUT2D eigenvalue weighted by molar-refractivity contribution is 7.11. The smallest absolute Gasteiger partial charge is 0.216 e. The van der Waals surface area contributed by atoms with Crippen LogP contribution in [-0.4, -0.2) is 37.1 Å². The summed E-state index contributed by atoms with van der Waals surface area (Å²) in [5.41, 5.74) is 0. The van der Waals surface area contributed by atoms with Crippen molar-refractivity contribution in [3.63, 3.8) is 0 Å². The Labute approximate surface area is 112 Å². The monoisotopic (exact) mass is 268 g/mol. The molecule has 0 aromatic carbocycles. The number of nitrogens with zero attached hydrogens (tertiary/aromatic N) is 1. The molecule has 1 aromatic rings. The van der Waals surface area contributed by atoms with Crippen molar-refractivity contribution in [1.82, 2.24) is 10.3 Å². The van der Waals surface area contributed by atoms with Crippen LogP contribution in [0.2, 0.25) is 0 Å².